The third-order valence-electron chi connectivity index (χ3n) is 2.18. The van der Waals surface area contributed by atoms with Gasteiger partial charge in [-0.2, -0.15) is 0 Å². The van der Waals surface area contributed by atoms with Gasteiger partial charge in [-0.15, -0.1) is 11.8 Å². The van der Waals surface area contributed by atoms with Crippen molar-refractivity contribution >= 4 is 17.8 Å². The number of hydrogen-bond acceptors (Lipinski definition) is 2. The molecule has 1 aromatic carbocycles. The van der Waals surface area contributed by atoms with Crippen LogP contribution in [0.2, 0.25) is 0 Å². The minimum atomic E-state index is 1.03. The summed E-state index contributed by atoms with van der Waals surface area (Å²) in [6.07, 6.45) is 5.10. The topological polar surface area (TPSA) is 12.0 Å². The van der Waals surface area contributed by atoms with Crippen LogP contribution in [-0.4, -0.2) is 19.8 Å². The molecule has 1 rings (SSSR count). The first kappa shape index (κ1) is 11.3. The van der Waals surface area contributed by atoms with E-state index in [2.05, 4.69) is 36.4 Å². The van der Waals surface area contributed by atoms with Crippen LogP contribution in [-0.2, 0) is 6.42 Å². The maximum atomic E-state index is 3.81. The molecule has 0 radical (unpaired) electrons. The van der Waals surface area contributed by atoms with E-state index in [0.717, 1.165) is 13.0 Å². The molecule has 2 heteroatoms. The zero-order valence-electron chi connectivity index (χ0n) is 8.84. The van der Waals surface area contributed by atoms with Crippen LogP contribution in [0.5, 0.6) is 0 Å². The molecule has 1 nitrogen and oxygen atoms in total. The van der Waals surface area contributed by atoms with Gasteiger partial charge in [-0.25, -0.2) is 0 Å². The quantitative estimate of drug-likeness (QED) is 0.745. The minimum Gasteiger partial charge on any atom is -0.319 e. The molecule has 0 atom stereocenters. The lowest BCUT2D eigenvalue weighted by atomic mass is 10.1. The average molecular weight is 207 g/mol. The third-order valence-corrected chi connectivity index (χ3v) is 2.97. The highest BCUT2D eigenvalue weighted by Gasteiger charge is 1.99. The molecule has 0 amide bonds. The summed E-state index contributed by atoms with van der Waals surface area (Å²) >= 11 is 1.78. The standard InChI is InChI=1S/C12H17NS/c1-4-11-6-5-10(7-8-13-2)9-12(11)14-3/h4-6,9,13H,1,7-8H2,2-3H3. The lowest BCUT2D eigenvalue weighted by Gasteiger charge is -2.06. The SMILES string of the molecule is C=Cc1ccc(CCNC)cc1SC. The highest BCUT2D eigenvalue weighted by molar-refractivity contribution is 7.98. The normalized spacial score (nSPS) is 10.1. The van der Waals surface area contributed by atoms with Gasteiger partial charge in [0, 0.05) is 4.90 Å². The summed E-state index contributed by atoms with van der Waals surface area (Å²) in [6, 6.07) is 6.57. The van der Waals surface area contributed by atoms with Gasteiger partial charge in [0.2, 0.25) is 0 Å². The van der Waals surface area contributed by atoms with Crippen molar-refractivity contribution in [1.29, 1.82) is 0 Å². The number of nitrogens with one attached hydrogen (secondary N) is 1. The van der Waals surface area contributed by atoms with E-state index in [4.69, 9.17) is 0 Å². The van der Waals surface area contributed by atoms with E-state index < -0.39 is 0 Å². The summed E-state index contributed by atoms with van der Waals surface area (Å²) in [4.78, 5) is 1.31. The molecule has 0 aliphatic carbocycles. The monoisotopic (exact) mass is 207 g/mol. The molecule has 0 spiro atoms. The fourth-order valence-electron chi connectivity index (χ4n) is 1.35. The number of hydrogen-bond donors (Lipinski definition) is 1. The van der Waals surface area contributed by atoms with E-state index in [1.165, 1.54) is 16.0 Å². The van der Waals surface area contributed by atoms with Crippen LogP contribution in [0.3, 0.4) is 0 Å². The van der Waals surface area contributed by atoms with Gasteiger partial charge >= 0.3 is 0 Å². The first-order valence-electron chi connectivity index (χ1n) is 4.75. The Morgan fingerprint density at radius 3 is 2.86 bits per heavy atom. The molecule has 0 aromatic heterocycles. The van der Waals surface area contributed by atoms with Gasteiger partial charge in [0.05, 0.1) is 0 Å². The van der Waals surface area contributed by atoms with Crippen LogP contribution in [0.1, 0.15) is 11.1 Å². The van der Waals surface area contributed by atoms with E-state index in [1.807, 2.05) is 13.1 Å². The summed E-state index contributed by atoms with van der Waals surface area (Å²) < 4.78 is 0. The Kier molecular flexibility index (Phi) is 4.77. The van der Waals surface area contributed by atoms with E-state index in [-0.39, 0.29) is 0 Å². The second-order valence-corrected chi connectivity index (χ2v) is 3.98. The van der Waals surface area contributed by atoms with Crippen LogP contribution in [0.25, 0.3) is 6.08 Å². The van der Waals surface area contributed by atoms with E-state index in [1.54, 1.807) is 11.8 Å². The number of benzene rings is 1. The first-order chi connectivity index (χ1) is 6.81. The van der Waals surface area contributed by atoms with Crippen molar-refractivity contribution in [2.24, 2.45) is 0 Å². The van der Waals surface area contributed by atoms with E-state index in [9.17, 15) is 0 Å². The van der Waals surface area contributed by atoms with Crippen molar-refractivity contribution in [2.75, 3.05) is 19.8 Å². The fraction of sp³-hybridized carbons (Fsp3) is 0.333. The molecule has 0 unspecified atom stereocenters. The maximum Gasteiger partial charge on any atom is 0.0144 e. The average Bonchev–Trinajstić information content (AvgIpc) is 2.25. The van der Waals surface area contributed by atoms with Crippen LogP contribution < -0.4 is 5.32 Å². The Bertz CT molecular complexity index is 307. The van der Waals surface area contributed by atoms with Crippen molar-refractivity contribution in [1.82, 2.24) is 5.32 Å². The Labute approximate surface area is 90.6 Å². The molecule has 0 heterocycles. The van der Waals surface area contributed by atoms with Crippen LogP contribution in [0, 0.1) is 0 Å². The molecule has 0 bridgehead atoms. The summed E-state index contributed by atoms with van der Waals surface area (Å²) in [7, 11) is 1.98. The van der Waals surface area contributed by atoms with Gasteiger partial charge in [-0.1, -0.05) is 24.8 Å². The Balaban J connectivity index is 2.84. The highest BCUT2D eigenvalue weighted by atomic mass is 32.2. The molecule has 0 aliphatic rings. The van der Waals surface area contributed by atoms with Crippen molar-refractivity contribution in [3.8, 4) is 0 Å². The number of likely N-dealkylation sites (N-methyl/N-ethyl adjacent to an activating group) is 1. The molecule has 0 saturated carbocycles. The maximum absolute atomic E-state index is 3.81. The third kappa shape index (κ3) is 2.89. The second-order valence-electron chi connectivity index (χ2n) is 3.13. The molecular formula is C12H17NS. The highest BCUT2D eigenvalue weighted by Crippen LogP contribution is 2.22. The van der Waals surface area contributed by atoms with Gasteiger partial charge in [0.1, 0.15) is 0 Å². The van der Waals surface area contributed by atoms with E-state index in [0.29, 0.717) is 0 Å². The molecule has 1 N–H and O–H groups in total. The summed E-state index contributed by atoms with van der Waals surface area (Å²) in [6.45, 7) is 4.83. The summed E-state index contributed by atoms with van der Waals surface area (Å²) in [5.41, 5.74) is 2.61. The molecule has 0 fully saturated rings. The molecule has 0 aliphatic heterocycles. The van der Waals surface area contributed by atoms with Crippen LogP contribution >= 0.6 is 11.8 Å². The smallest absolute Gasteiger partial charge is 0.0144 e. The summed E-state index contributed by atoms with van der Waals surface area (Å²) in [5, 5.41) is 3.16. The number of rotatable bonds is 5. The summed E-state index contributed by atoms with van der Waals surface area (Å²) in [5.74, 6) is 0. The predicted molar refractivity (Wildman–Crippen MR) is 65.9 cm³/mol. The lowest BCUT2D eigenvalue weighted by molar-refractivity contribution is 0.790. The molecule has 1 aromatic rings. The van der Waals surface area contributed by atoms with Crippen molar-refractivity contribution < 1.29 is 0 Å². The van der Waals surface area contributed by atoms with Crippen molar-refractivity contribution in [2.45, 2.75) is 11.3 Å². The molecule has 14 heavy (non-hydrogen) atoms. The molecular weight excluding hydrogens is 190 g/mol. The van der Waals surface area contributed by atoms with Gasteiger partial charge < -0.3 is 5.32 Å². The lowest BCUT2D eigenvalue weighted by Crippen LogP contribution is -2.10. The Morgan fingerprint density at radius 2 is 2.29 bits per heavy atom. The van der Waals surface area contributed by atoms with E-state index >= 15 is 0 Å². The second kappa shape index (κ2) is 5.89. The van der Waals surface area contributed by atoms with Crippen LogP contribution in [0.4, 0.5) is 0 Å². The zero-order valence-corrected chi connectivity index (χ0v) is 9.66. The minimum absolute atomic E-state index is 1.03. The van der Waals surface area contributed by atoms with Gasteiger partial charge in [-0.3, -0.25) is 0 Å². The zero-order chi connectivity index (χ0) is 10.4. The van der Waals surface area contributed by atoms with Crippen molar-refractivity contribution in [3.05, 3.63) is 35.9 Å². The van der Waals surface area contributed by atoms with Gasteiger partial charge in [0.15, 0.2) is 0 Å². The number of thioether (sulfide) groups is 1. The molecule has 76 valence electrons. The largest absolute Gasteiger partial charge is 0.319 e. The predicted octanol–water partition coefficient (Wildman–Crippen LogP) is 2.81. The molecule has 0 saturated heterocycles. The van der Waals surface area contributed by atoms with Crippen LogP contribution in [0.15, 0.2) is 29.7 Å². The first-order valence-corrected chi connectivity index (χ1v) is 5.98. The Hall–Kier alpha value is -0.730. The fourth-order valence-corrected chi connectivity index (χ4v) is 2.01. The van der Waals surface area contributed by atoms with Gasteiger partial charge in [-0.05, 0) is 43.5 Å². The van der Waals surface area contributed by atoms with Crippen molar-refractivity contribution in [3.63, 3.8) is 0 Å². The Morgan fingerprint density at radius 1 is 1.50 bits per heavy atom. The van der Waals surface area contributed by atoms with Gasteiger partial charge in [0.25, 0.3) is 0 Å².